The molecule has 13 heavy (non-hydrogen) atoms. The Kier molecular flexibility index (Phi) is 2.29. The lowest BCUT2D eigenvalue weighted by molar-refractivity contribution is 1.17. The highest BCUT2D eigenvalue weighted by molar-refractivity contribution is 7.10. The molecule has 0 aliphatic carbocycles. The summed E-state index contributed by atoms with van der Waals surface area (Å²) in [6.45, 7) is 2.07. The van der Waals surface area contributed by atoms with E-state index in [0.717, 1.165) is 11.3 Å². The second-order valence-electron chi connectivity index (χ2n) is 2.62. The molecule has 2 rings (SSSR count). The summed E-state index contributed by atoms with van der Waals surface area (Å²) in [6.07, 6.45) is 1.48. The van der Waals surface area contributed by atoms with E-state index in [1.165, 1.54) is 11.2 Å². The van der Waals surface area contributed by atoms with Crippen molar-refractivity contribution in [3.05, 3.63) is 33.9 Å². The fourth-order valence-corrected chi connectivity index (χ4v) is 1.99. The number of rotatable bonds is 1. The Morgan fingerprint density at radius 3 is 2.85 bits per heavy atom. The van der Waals surface area contributed by atoms with Gasteiger partial charge in [-0.1, -0.05) is 11.6 Å². The summed E-state index contributed by atoms with van der Waals surface area (Å²) in [7, 11) is 0. The third kappa shape index (κ3) is 1.71. The number of thiophene rings is 1. The van der Waals surface area contributed by atoms with E-state index in [1.54, 1.807) is 17.4 Å². The Balaban J connectivity index is 2.53. The molecule has 2 heterocycles. The number of hydrogen-bond donors (Lipinski definition) is 0. The van der Waals surface area contributed by atoms with E-state index in [1.807, 2.05) is 11.4 Å². The lowest BCUT2D eigenvalue weighted by atomic mass is 10.2. The Labute approximate surface area is 85.2 Å². The van der Waals surface area contributed by atoms with Crippen molar-refractivity contribution in [1.82, 2.24) is 9.97 Å². The van der Waals surface area contributed by atoms with E-state index < -0.39 is 0 Å². The van der Waals surface area contributed by atoms with Gasteiger partial charge >= 0.3 is 0 Å². The molecule has 0 aliphatic rings. The monoisotopic (exact) mass is 210 g/mol. The van der Waals surface area contributed by atoms with Crippen molar-refractivity contribution in [1.29, 1.82) is 0 Å². The average Bonchev–Trinajstić information content (AvgIpc) is 2.51. The van der Waals surface area contributed by atoms with E-state index in [9.17, 15) is 0 Å². The molecule has 2 nitrogen and oxygen atoms in total. The van der Waals surface area contributed by atoms with Crippen molar-refractivity contribution in [2.75, 3.05) is 0 Å². The molecule has 0 aliphatic heterocycles. The van der Waals surface area contributed by atoms with Crippen LogP contribution in [0.25, 0.3) is 11.3 Å². The normalized spacial score (nSPS) is 10.3. The highest BCUT2D eigenvalue weighted by atomic mass is 35.5. The minimum absolute atomic E-state index is 0.482. The van der Waals surface area contributed by atoms with Crippen LogP contribution in [0, 0.1) is 6.92 Å². The first-order valence-corrected chi connectivity index (χ1v) is 5.05. The second-order valence-corrected chi connectivity index (χ2v) is 4.12. The van der Waals surface area contributed by atoms with E-state index in [0.29, 0.717) is 5.15 Å². The van der Waals surface area contributed by atoms with Crippen LogP contribution in [0.4, 0.5) is 0 Å². The first-order chi connectivity index (χ1) is 6.27. The predicted octanol–water partition coefficient (Wildman–Crippen LogP) is 3.17. The zero-order chi connectivity index (χ0) is 9.26. The SMILES string of the molecule is Cc1sccc1-c1cc(Cl)ncn1. The lowest BCUT2D eigenvalue weighted by Gasteiger charge is -1.98. The smallest absolute Gasteiger partial charge is 0.133 e. The molecular formula is C9H7ClN2S. The maximum atomic E-state index is 5.77. The van der Waals surface area contributed by atoms with Crippen LogP contribution in [0.1, 0.15) is 4.88 Å². The van der Waals surface area contributed by atoms with Crippen LogP contribution in [0.15, 0.2) is 23.8 Å². The fourth-order valence-electron chi connectivity index (χ4n) is 1.13. The van der Waals surface area contributed by atoms with Crippen molar-refractivity contribution in [2.24, 2.45) is 0 Å². The van der Waals surface area contributed by atoms with E-state index in [4.69, 9.17) is 11.6 Å². The van der Waals surface area contributed by atoms with Crippen molar-refractivity contribution in [3.63, 3.8) is 0 Å². The minimum Gasteiger partial charge on any atom is -0.236 e. The Bertz CT molecular complexity index is 425. The van der Waals surface area contributed by atoms with Crippen LogP contribution < -0.4 is 0 Å². The maximum absolute atomic E-state index is 5.77. The summed E-state index contributed by atoms with van der Waals surface area (Å²) in [6, 6.07) is 3.81. The molecule has 0 radical (unpaired) electrons. The van der Waals surface area contributed by atoms with Gasteiger partial charge in [0, 0.05) is 16.5 Å². The van der Waals surface area contributed by atoms with Gasteiger partial charge in [0.2, 0.25) is 0 Å². The molecule has 0 saturated heterocycles. The summed E-state index contributed by atoms with van der Waals surface area (Å²) in [5.41, 5.74) is 2.02. The topological polar surface area (TPSA) is 25.8 Å². The van der Waals surface area contributed by atoms with Gasteiger partial charge in [0.1, 0.15) is 11.5 Å². The number of hydrogen-bond acceptors (Lipinski definition) is 3. The summed E-state index contributed by atoms with van der Waals surface area (Å²) < 4.78 is 0. The summed E-state index contributed by atoms with van der Waals surface area (Å²) in [5.74, 6) is 0. The van der Waals surface area contributed by atoms with Gasteiger partial charge in [0.15, 0.2) is 0 Å². The molecule has 0 saturated carbocycles. The van der Waals surface area contributed by atoms with Crippen molar-refractivity contribution >= 4 is 22.9 Å². The Hall–Kier alpha value is -0.930. The summed E-state index contributed by atoms with van der Waals surface area (Å²) >= 11 is 7.47. The highest BCUT2D eigenvalue weighted by Gasteiger charge is 2.04. The Morgan fingerprint density at radius 2 is 2.23 bits per heavy atom. The highest BCUT2D eigenvalue weighted by Crippen LogP contribution is 2.26. The minimum atomic E-state index is 0.482. The van der Waals surface area contributed by atoms with Gasteiger partial charge < -0.3 is 0 Å². The average molecular weight is 211 g/mol. The number of aryl methyl sites for hydroxylation is 1. The van der Waals surface area contributed by atoms with Crippen molar-refractivity contribution in [2.45, 2.75) is 6.92 Å². The van der Waals surface area contributed by atoms with Gasteiger partial charge in [-0.2, -0.15) is 0 Å². The third-order valence-electron chi connectivity index (χ3n) is 1.77. The molecule has 0 fully saturated rings. The first kappa shape index (κ1) is 8.66. The van der Waals surface area contributed by atoms with Crippen molar-refractivity contribution in [3.8, 4) is 11.3 Å². The molecule has 0 amide bonds. The molecule has 0 aromatic carbocycles. The van der Waals surface area contributed by atoms with Gasteiger partial charge in [-0.25, -0.2) is 9.97 Å². The first-order valence-electron chi connectivity index (χ1n) is 3.79. The number of aromatic nitrogens is 2. The molecule has 2 aromatic heterocycles. The van der Waals surface area contributed by atoms with Crippen LogP contribution in [0.2, 0.25) is 5.15 Å². The number of halogens is 1. The van der Waals surface area contributed by atoms with Gasteiger partial charge in [-0.15, -0.1) is 11.3 Å². The summed E-state index contributed by atoms with van der Waals surface area (Å²) in [4.78, 5) is 9.24. The fraction of sp³-hybridized carbons (Fsp3) is 0.111. The van der Waals surface area contributed by atoms with Crippen LogP contribution >= 0.6 is 22.9 Å². The second kappa shape index (κ2) is 3.44. The van der Waals surface area contributed by atoms with Crippen LogP contribution in [-0.2, 0) is 0 Å². The maximum Gasteiger partial charge on any atom is 0.133 e. The van der Waals surface area contributed by atoms with Crippen molar-refractivity contribution < 1.29 is 0 Å². The molecule has 4 heteroatoms. The molecule has 0 spiro atoms. The van der Waals surface area contributed by atoms with Gasteiger partial charge in [0.05, 0.1) is 5.69 Å². The van der Waals surface area contributed by atoms with Crippen LogP contribution in [-0.4, -0.2) is 9.97 Å². The molecule has 66 valence electrons. The predicted molar refractivity (Wildman–Crippen MR) is 55.1 cm³/mol. The summed E-state index contributed by atoms with van der Waals surface area (Å²) in [5, 5.41) is 2.52. The molecule has 2 aromatic rings. The van der Waals surface area contributed by atoms with E-state index >= 15 is 0 Å². The van der Waals surface area contributed by atoms with E-state index in [-0.39, 0.29) is 0 Å². The van der Waals surface area contributed by atoms with Crippen LogP contribution in [0.3, 0.4) is 0 Å². The van der Waals surface area contributed by atoms with Crippen LogP contribution in [0.5, 0.6) is 0 Å². The van der Waals surface area contributed by atoms with Gasteiger partial charge in [-0.3, -0.25) is 0 Å². The standard InChI is InChI=1S/C9H7ClN2S/c1-6-7(2-3-13-6)8-4-9(10)12-5-11-8/h2-5H,1H3. The molecule has 0 unspecified atom stereocenters. The largest absolute Gasteiger partial charge is 0.236 e. The molecule has 0 atom stereocenters. The van der Waals surface area contributed by atoms with E-state index in [2.05, 4.69) is 16.9 Å². The number of nitrogens with zero attached hydrogens (tertiary/aromatic N) is 2. The van der Waals surface area contributed by atoms with Gasteiger partial charge in [0.25, 0.3) is 0 Å². The molecular weight excluding hydrogens is 204 g/mol. The lowest BCUT2D eigenvalue weighted by Crippen LogP contribution is -1.84. The molecule has 0 bridgehead atoms. The third-order valence-corrected chi connectivity index (χ3v) is 2.82. The van der Waals surface area contributed by atoms with Gasteiger partial charge in [-0.05, 0) is 18.4 Å². The molecule has 0 N–H and O–H groups in total. The zero-order valence-corrected chi connectivity index (χ0v) is 8.56. The Morgan fingerprint density at radius 1 is 1.38 bits per heavy atom. The zero-order valence-electron chi connectivity index (χ0n) is 6.99. The quantitative estimate of drug-likeness (QED) is 0.676.